The average molecular weight is 325 g/mol. The summed E-state index contributed by atoms with van der Waals surface area (Å²) in [6.45, 7) is 0.282. The third-order valence-electron chi connectivity index (χ3n) is 2.86. The molecule has 0 saturated carbocycles. The fourth-order valence-electron chi connectivity index (χ4n) is 1.89. The van der Waals surface area contributed by atoms with E-state index in [-0.39, 0.29) is 6.61 Å². The molecule has 0 heterocycles. The largest absolute Gasteiger partial charge is 0.467 e. The third kappa shape index (κ3) is 4.46. The Kier molecular flexibility index (Phi) is 5.62. The number of hydrogen-bond acceptors (Lipinski definition) is 3. The second kappa shape index (κ2) is 7.46. The molecule has 1 unspecified atom stereocenters. The van der Waals surface area contributed by atoms with Gasteiger partial charge in [0, 0.05) is 10.0 Å². The summed E-state index contributed by atoms with van der Waals surface area (Å²) in [7, 11) is 1.31. The van der Waals surface area contributed by atoms with Crippen LogP contribution in [0.15, 0.2) is 48.5 Å². The molecule has 0 saturated heterocycles. The normalized spacial score (nSPS) is 12.0. The zero-order chi connectivity index (χ0) is 15.2. The zero-order valence-corrected chi connectivity index (χ0v) is 12.9. The summed E-state index contributed by atoms with van der Waals surface area (Å²) >= 11 is 11.9. The molecule has 0 aliphatic rings. The van der Waals surface area contributed by atoms with Crippen LogP contribution in [0.5, 0.6) is 0 Å². The van der Waals surface area contributed by atoms with Crippen molar-refractivity contribution in [2.45, 2.75) is 12.7 Å². The molecule has 3 nitrogen and oxygen atoms in total. The molecule has 0 aliphatic heterocycles. The SMILES string of the molecule is COC(=O)C(OCc1ccccc1)c1cc(Cl)cc(Cl)c1. The van der Waals surface area contributed by atoms with Crippen molar-refractivity contribution in [2.75, 3.05) is 7.11 Å². The van der Waals surface area contributed by atoms with E-state index in [4.69, 9.17) is 32.7 Å². The molecular weight excluding hydrogens is 311 g/mol. The van der Waals surface area contributed by atoms with Gasteiger partial charge in [-0.05, 0) is 29.3 Å². The van der Waals surface area contributed by atoms with Gasteiger partial charge >= 0.3 is 5.97 Å². The highest BCUT2D eigenvalue weighted by molar-refractivity contribution is 6.34. The molecule has 0 spiro atoms. The van der Waals surface area contributed by atoms with Crippen LogP contribution in [0.25, 0.3) is 0 Å². The smallest absolute Gasteiger partial charge is 0.339 e. The number of methoxy groups -OCH3 is 1. The van der Waals surface area contributed by atoms with Gasteiger partial charge in [0.15, 0.2) is 6.10 Å². The first-order valence-electron chi connectivity index (χ1n) is 6.29. The molecule has 2 aromatic carbocycles. The minimum Gasteiger partial charge on any atom is -0.467 e. The summed E-state index contributed by atoms with van der Waals surface area (Å²) in [5.41, 5.74) is 1.52. The van der Waals surface area contributed by atoms with Crippen molar-refractivity contribution in [3.05, 3.63) is 69.7 Å². The lowest BCUT2D eigenvalue weighted by Gasteiger charge is -2.16. The number of benzene rings is 2. The van der Waals surface area contributed by atoms with Gasteiger partial charge in [0.1, 0.15) is 0 Å². The summed E-state index contributed by atoms with van der Waals surface area (Å²) < 4.78 is 10.5. The second-order valence-corrected chi connectivity index (χ2v) is 5.28. The lowest BCUT2D eigenvalue weighted by atomic mass is 10.1. The average Bonchev–Trinajstić information content (AvgIpc) is 2.47. The van der Waals surface area contributed by atoms with Crippen molar-refractivity contribution < 1.29 is 14.3 Å². The molecule has 2 rings (SSSR count). The molecule has 5 heteroatoms. The van der Waals surface area contributed by atoms with Gasteiger partial charge in [-0.3, -0.25) is 0 Å². The molecule has 0 radical (unpaired) electrons. The number of hydrogen-bond donors (Lipinski definition) is 0. The predicted molar refractivity (Wildman–Crippen MR) is 82.5 cm³/mol. The lowest BCUT2D eigenvalue weighted by Crippen LogP contribution is -2.17. The number of rotatable bonds is 5. The topological polar surface area (TPSA) is 35.5 Å². The minimum absolute atomic E-state index is 0.282. The first-order chi connectivity index (χ1) is 10.1. The highest BCUT2D eigenvalue weighted by Crippen LogP contribution is 2.27. The molecular formula is C16H14Cl2O3. The molecule has 2 aromatic rings. The fourth-order valence-corrected chi connectivity index (χ4v) is 2.43. The Bertz CT molecular complexity index is 594. The van der Waals surface area contributed by atoms with Crippen molar-refractivity contribution in [3.63, 3.8) is 0 Å². The molecule has 0 N–H and O–H groups in total. The minimum atomic E-state index is -0.869. The van der Waals surface area contributed by atoms with Gasteiger partial charge in [-0.1, -0.05) is 53.5 Å². The van der Waals surface area contributed by atoms with Gasteiger partial charge in [-0.15, -0.1) is 0 Å². The molecule has 0 bridgehead atoms. The second-order valence-electron chi connectivity index (χ2n) is 4.40. The highest BCUT2D eigenvalue weighted by Gasteiger charge is 2.23. The first-order valence-corrected chi connectivity index (χ1v) is 7.05. The van der Waals surface area contributed by atoms with E-state index in [0.29, 0.717) is 15.6 Å². The summed E-state index contributed by atoms with van der Waals surface area (Å²) in [6, 6.07) is 14.4. The number of ether oxygens (including phenoxy) is 2. The molecule has 0 aromatic heterocycles. The van der Waals surface area contributed by atoms with E-state index in [2.05, 4.69) is 0 Å². The van der Waals surface area contributed by atoms with Gasteiger partial charge in [0.05, 0.1) is 13.7 Å². The maximum absolute atomic E-state index is 11.9. The van der Waals surface area contributed by atoms with Crippen molar-refractivity contribution in [1.29, 1.82) is 0 Å². The standard InChI is InChI=1S/C16H14Cl2O3/c1-20-16(19)15(12-7-13(17)9-14(18)8-12)21-10-11-5-3-2-4-6-11/h2-9,15H,10H2,1H3. The number of carbonyl (C=O) groups excluding carboxylic acids is 1. The van der Waals surface area contributed by atoms with E-state index in [1.165, 1.54) is 7.11 Å². The molecule has 0 amide bonds. The highest BCUT2D eigenvalue weighted by atomic mass is 35.5. The number of carbonyl (C=O) groups is 1. The van der Waals surface area contributed by atoms with E-state index in [1.807, 2.05) is 30.3 Å². The van der Waals surface area contributed by atoms with Crippen LogP contribution in [0.2, 0.25) is 10.0 Å². The van der Waals surface area contributed by atoms with E-state index >= 15 is 0 Å². The van der Waals surface area contributed by atoms with Crippen molar-refractivity contribution >= 4 is 29.2 Å². The maximum Gasteiger partial charge on any atom is 0.339 e. The van der Waals surface area contributed by atoms with Crippen LogP contribution in [0, 0.1) is 0 Å². The van der Waals surface area contributed by atoms with Crippen LogP contribution in [0.3, 0.4) is 0 Å². The van der Waals surface area contributed by atoms with Crippen molar-refractivity contribution in [2.24, 2.45) is 0 Å². The van der Waals surface area contributed by atoms with Crippen LogP contribution in [0.1, 0.15) is 17.2 Å². The Morgan fingerprint density at radius 3 is 2.29 bits per heavy atom. The fraction of sp³-hybridized carbons (Fsp3) is 0.188. The van der Waals surface area contributed by atoms with Gasteiger partial charge in [0.2, 0.25) is 0 Å². The van der Waals surface area contributed by atoms with E-state index < -0.39 is 12.1 Å². The molecule has 0 aliphatic carbocycles. The summed E-state index contributed by atoms with van der Waals surface area (Å²) in [4.78, 5) is 11.9. The Hall–Kier alpha value is -1.55. The van der Waals surface area contributed by atoms with Gasteiger partial charge in [-0.25, -0.2) is 4.79 Å². The van der Waals surface area contributed by atoms with Gasteiger partial charge in [0.25, 0.3) is 0 Å². The van der Waals surface area contributed by atoms with Crippen LogP contribution in [-0.2, 0) is 20.9 Å². The quantitative estimate of drug-likeness (QED) is 0.763. The van der Waals surface area contributed by atoms with E-state index in [0.717, 1.165) is 5.56 Å². The Morgan fingerprint density at radius 1 is 1.10 bits per heavy atom. The van der Waals surface area contributed by atoms with Gasteiger partial charge < -0.3 is 9.47 Å². The molecule has 1 atom stereocenters. The third-order valence-corrected chi connectivity index (χ3v) is 3.30. The number of esters is 1. The number of halogens is 2. The Labute approximate surface area is 133 Å². The predicted octanol–water partition coefficient (Wildman–Crippen LogP) is 4.42. The molecule has 21 heavy (non-hydrogen) atoms. The van der Waals surface area contributed by atoms with E-state index in [1.54, 1.807) is 18.2 Å². The van der Waals surface area contributed by atoms with Gasteiger partial charge in [-0.2, -0.15) is 0 Å². The molecule has 0 fully saturated rings. The van der Waals surface area contributed by atoms with Crippen LogP contribution in [-0.4, -0.2) is 13.1 Å². The maximum atomic E-state index is 11.9. The Morgan fingerprint density at radius 2 is 1.71 bits per heavy atom. The van der Waals surface area contributed by atoms with Crippen LogP contribution < -0.4 is 0 Å². The van der Waals surface area contributed by atoms with Crippen molar-refractivity contribution in [1.82, 2.24) is 0 Å². The van der Waals surface area contributed by atoms with E-state index in [9.17, 15) is 4.79 Å². The summed E-state index contributed by atoms with van der Waals surface area (Å²) in [5, 5.41) is 0.879. The monoisotopic (exact) mass is 324 g/mol. The zero-order valence-electron chi connectivity index (χ0n) is 11.4. The lowest BCUT2D eigenvalue weighted by molar-refractivity contribution is -0.155. The molecule has 110 valence electrons. The summed E-state index contributed by atoms with van der Waals surface area (Å²) in [6.07, 6.45) is -0.869. The van der Waals surface area contributed by atoms with Crippen LogP contribution in [0.4, 0.5) is 0 Å². The van der Waals surface area contributed by atoms with Crippen LogP contribution >= 0.6 is 23.2 Å². The van der Waals surface area contributed by atoms with Crippen molar-refractivity contribution in [3.8, 4) is 0 Å². The summed E-state index contributed by atoms with van der Waals surface area (Å²) in [5.74, 6) is -0.496. The Balaban J connectivity index is 2.20. The first kappa shape index (κ1) is 15.8.